The highest BCUT2D eigenvalue weighted by Crippen LogP contribution is 2.22. The third-order valence-electron chi connectivity index (χ3n) is 1.68. The molecule has 4 heteroatoms. The fourth-order valence-electron chi connectivity index (χ4n) is 1.04. The molecule has 0 aliphatic carbocycles. The van der Waals surface area contributed by atoms with Crippen molar-refractivity contribution >= 4 is 27.5 Å². The first-order chi connectivity index (χ1) is 6.63. The molecule has 0 heterocycles. The molecule has 1 rings (SSSR count). The average Bonchev–Trinajstić information content (AvgIpc) is 2.12. The van der Waals surface area contributed by atoms with Crippen LogP contribution in [0.3, 0.4) is 0 Å². The predicted octanol–water partition coefficient (Wildman–Crippen LogP) is 3.38. The van der Waals surface area contributed by atoms with Crippen LogP contribution in [-0.2, 0) is 0 Å². The Labute approximate surface area is 91.2 Å². The van der Waals surface area contributed by atoms with E-state index in [0.717, 1.165) is 10.9 Å². The van der Waals surface area contributed by atoms with Crippen LogP contribution in [0.2, 0.25) is 0 Å². The van der Waals surface area contributed by atoms with Crippen molar-refractivity contribution in [3.05, 3.63) is 28.5 Å². The Morgan fingerprint density at radius 3 is 2.93 bits per heavy atom. The van der Waals surface area contributed by atoms with E-state index in [4.69, 9.17) is 5.73 Å². The molecular formula is C10H12BrFN2. The molecule has 0 bridgehead atoms. The molecule has 0 aliphatic heterocycles. The molecule has 14 heavy (non-hydrogen) atoms. The lowest BCUT2D eigenvalue weighted by molar-refractivity contribution is 0.629. The van der Waals surface area contributed by atoms with Gasteiger partial charge in [-0.3, -0.25) is 0 Å². The van der Waals surface area contributed by atoms with Crippen LogP contribution >= 0.6 is 15.9 Å². The summed E-state index contributed by atoms with van der Waals surface area (Å²) in [6, 6.07) is 4.60. The summed E-state index contributed by atoms with van der Waals surface area (Å²) in [5.41, 5.74) is 5.89. The maximum absolute atomic E-state index is 13.2. The molecule has 1 aromatic rings. The summed E-state index contributed by atoms with van der Waals surface area (Å²) in [7, 11) is 0. The molecular weight excluding hydrogens is 247 g/mol. The third kappa shape index (κ3) is 3.10. The Morgan fingerprint density at radius 2 is 2.29 bits per heavy atom. The molecule has 2 nitrogen and oxygen atoms in total. The molecule has 0 fully saturated rings. The fourth-order valence-corrected chi connectivity index (χ4v) is 1.39. The van der Waals surface area contributed by atoms with Crippen LogP contribution in [0.15, 0.2) is 27.7 Å². The molecule has 2 N–H and O–H groups in total. The van der Waals surface area contributed by atoms with Crippen molar-refractivity contribution in [3.8, 4) is 0 Å². The second kappa shape index (κ2) is 5.10. The summed E-state index contributed by atoms with van der Waals surface area (Å²) in [5, 5.41) is 0. The Hall–Kier alpha value is -0.900. The molecule has 76 valence electrons. The molecule has 0 saturated carbocycles. The van der Waals surface area contributed by atoms with Gasteiger partial charge in [0.2, 0.25) is 0 Å². The number of hydrogen-bond donors (Lipinski definition) is 1. The van der Waals surface area contributed by atoms with Gasteiger partial charge in [0.25, 0.3) is 0 Å². The van der Waals surface area contributed by atoms with Gasteiger partial charge >= 0.3 is 0 Å². The minimum atomic E-state index is -0.354. The van der Waals surface area contributed by atoms with E-state index in [9.17, 15) is 4.39 Å². The molecule has 0 radical (unpaired) electrons. The molecule has 0 amide bonds. The second-order valence-corrected chi connectivity index (χ2v) is 3.86. The zero-order chi connectivity index (χ0) is 10.6. The number of benzene rings is 1. The Kier molecular flexibility index (Phi) is 4.07. The highest BCUT2D eigenvalue weighted by Gasteiger charge is 2.01. The van der Waals surface area contributed by atoms with Gasteiger partial charge in [-0.2, -0.15) is 0 Å². The minimum Gasteiger partial charge on any atom is -0.387 e. The van der Waals surface area contributed by atoms with Gasteiger partial charge in [0.1, 0.15) is 11.5 Å². The lowest BCUT2D eigenvalue weighted by Crippen LogP contribution is -2.10. The van der Waals surface area contributed by atoms with Gasteiger partial charge in [0.15, 0.2) is 0 Å². The van der Waals surface area contributed by atoms with Crippen molar-refractivity contribution in [3.63, 3.8) is 0 Å². The smallest absolute Gasteiger partial charge is 0.148 e. The first kappa shape index (κ1) is 11.2. The van der Waals surface area contributed by atoms with Crippen LogP contribution in [-0.4, -0.2) is 5.84 Å². The van der Waals surface area contributed by atoms with Crippen LogP contribution in [0.1, 0.15) is 19.8 Å². The zero-order valence-corrected chi connectivity index (χ0v) is 9.51. The number of hydrogen-bond acceptors (Lipinski definition) is 1. The Bertz CT molecular complexity index is 350. The van der Waals surface area contributed by atoms with Gasteiger partial charge in [-0.05, 0) is 24.6 Å². The van der Waals surface area contributed by atoms with Crippen molar-refractivity contribution in [2.75, 3.05) is 0 Å². The van der Waals surface area contributed by atoms with Crippen molar-refractivity contribution in [2.24, 2.45) is 10.7 Å². The van der Waals surface area contributed by atoms with Gasteiger partial charge < -0.3 is 5.73 Å². The van der Waals surface area contributed by atoms with E-state index in [0.29, 0.717) is 12.3 Å². The Balaban J connectivity index is 2.95. The molecule has 0 aliphatic rings. The minimum absolute atomic E-state index is 0.283. The normalized spacial score (nSPS) is 11.8. The van der Waals surface area contributed by atoms with E-state index in [1.165, 1.54) is 6.07 Å². The molecule has 0 saturated heterocycles. The topological polar surface area (TPSA) is 38.4 Å². The lowest BCUT2D eigenvalue weighted by Gasteiger charge is -2.00. The number of aliphatic imine (C=N–C) groups is 1. The quantitative estimate of drug-likeness (QED) is 0.655. The first-order valence-electron chi connectivity index (χ1n) is 4.41. The molecule has 0 aromatic heterocycles. The largest absolute Gasteiger partial charge is 0.387 e. The van der Waals surface area contributed by atoms with Gasteiger partial charge in [0.05, 0.1) is 5.84 Å². The zero-order valence-electron chi connectivity index (χ0n) is 7.93. The van der Waals surface area contributed by atoms with Crippen LogP contribution in [0.4, 0.5) is 10.1 Å². The number of amidine groups is 1. The fraction of sp³-hybridized carbons (Fsp3) is 0.300. The van der Waals surface area contributed by atoms with Crippen LogP contribution < -0.4 is 5.73 Å². The van der Waals surface area contributed by atoms with Crippen LogP contribution in [0.25, 0.3) is 0 Å². The molecule has 0 spiro atoms. The predicted molar refractivity (Wildman–Crippen MR) is 60.3 cm³/mol. The van der Waals surface area contributed by atoms with Crippen molar-refractivity contribution < 1.29 is 4.39 Å². The first-order valence-corrected chi connectivity index (χ1v) is 5.21. The van der Waals surface area contributed by atoms with E-state index in [2.05, 4.69) is 20.9 Å². The summed E-state index contributed by atoms with van der Waals surface area (Å²) >= 11 is 3.25. The maximum atomic E-state index is 13.2. The van der Waals surface area contributed by atoms with Crippen molar-refractivity contribution in [2.45, 2.75) is 19.8 Å². The van der Waals surface area contributed by atoms with E-state index < -0.39 is 0 Å². The average molecular weight is 259 g/mol. The maximum Gasteiger partial charge on any atom is 0.148 e. The van der Waals surface area contributed by atoms with Gasteiger partial charge in [0, 0.05) is 10.9 Å². The second-order valence-electron chi connectivity index (χ2n) is 2.95. The van der Waals surface area contributed by atoms with Crippen molar-refractivity contribution in [1.29, 1.82) is 0 Å². The lowest BCUT2D eigenvalue weighted by atomic mass is 10.3. The molecule has 1 aromatic carbocycles. The molecule has 0 unspecified atom stereocenters. The third-order valence-corrected chi connectivity index (χ3v) is 2.17. The van der Waals surface area contributed by atoms with Crippen LogP contribution in [0.5, 0.6) is 0 Å². The summed E-state index contributed by atoms with van der Waals surface area (Å²) in [5.74, 6) is 0.108. The SMILES string of the molecule is CCCC(N)=Nc1cc(Br)ccc1F. The Morgan fingerprint density at radius 1 is 1.57 bits per heavy atom. The van der Waals surface area contributed by atoms with E-state index in [1.807, 2.05) is 6.92 Å². The van der Waals surface area contributed by atoms with Crippen LogP contribution in [0, 0.1) is 5.82 Å². The van der Waals surface area contributed by atoms with E-state index in [-0.39, 0.29) is 11.5 Å². The number of nitrogens with zero attached hydrogens (tertiary/aromatic N) is 1. The highest BCUT2D eigenvalue weighted by atomic mass is 79.9. The summed E-state index contributed by atoms with van der Waals surface area (Å²) in [4.78, 5) is 4.00. The van der Waals surface area contributed by atoms with E-state index in [1.54, 1.807) is 12.1 Å². The summed E-state index contributed by atoms with van der Waals surface area (Å²) in [6.07, 6.45) is 1.59. The highest BCUT2D eigenvalue weighted by molar-refractivity contribution is 9.10. The van der Waals surface area contributed by atoms with Gasteiger partial charge in [-0.1, -0.05) is 22.9 Å². The number of halogens is 2. The summed E-state index contributed by atoms with van der Waals surface area (Å²) < 4.78 is 14.0. The monoisotopic (exact) mass is 258 g/mol. The van der Waals surface area contributed by atoms with E-state index >= 15 is 0 Å². The van der Waals surface area contributed by atoms with Gasteiger partial charge in [-0.15, -0.1) is 0 Å². The standard InChI is InChI=1S/C10H12BrFN2/c1-2-3-10(13)14-9-6-7(11)4-5-8(9)12/h4-6H,2-3H2,1H3,(H2,13,14). The number of rotatable bonds is 3. The summed E-state index contributed by atoms with van der Waals surface area (Å²) in [6.45, 7) is 2.00. The van der Waals surface area contributed by atoms with Crippen molar-refractivity contribution in [1.82, 2.24) is 0 Å². The van der Waals surface area contributed by atoms with Gasteiger partial charge in [-0.25, -0.2) is 9.38 Å². The molecule has 0 atom stereocenters. The number of nitrogens with two attached hydrogens (primary N) is 1.